The van der Waals surface area contributed by atoms with Crippen molar-refractivity contribution in [3.63, 3.8) is 0 Å². The molecule has 0 unspecified atom stereocenters. The van der Waals surface area contributed by atoms with E-state index in [2.05, 4.69) is 38.0 Å². The molecule has 4 rings (SSSR count). The van der Waals surface area contributed by atoms with Crippen molar-refractivity contribution in [2.45, 2.75) is 0 Å². The molecular formula is C19H13BrN2OS2. The van der Waals surface area contributed by atoms with Crippen LogP contribution in [0.2, 0.25) is 0 Å². The van der Waals surface area contributed by atoms with Gasteiger partial charge in [-0.05, 0) is 34.1 Å². The number of hydrogen-bond acceptors (Lipinski definition) is 4. The van der Waals surface area contributed by atoms with E-state index in [9.17, 15) is 0 Å². The first-order chi connectivity index (χ1) is 12.2. The number of hydrogen-bond donors (Lipinski definition) is 1. The van der Waals surface area contributed by atoms with Crippen LogP contribution in [0.4, 0.5) is 0 Å². The number of methoxy groups -OCH3 is 1. The number of fused-ring (bicyclic) bond motifs is 1. The van der Waals surface area contributed by atoms with Crippen LogP contribution in [0.5, 0.6) is 5.75 Å². The highest BCUT2D eigenvalue weighted by molar-refractivity contribution is 9.10. The Morgan fingerprint density at radius 2 is 1.96 bits per heavy atom. The van der Waals surface area contributed by atoms with Gasteiger partial charge in [-0.3, -0.25) is 0 Å². The van der Waals surface area contributed by atoms with Gasteiger partial charge in [0.05, 0.1) is 27.7 Å². The Bertz CT molecular complexity index is 1120. The van der Waals surface area contributed by atoms with Crippen LogP contribution in [0.3, 0.4) is 0 Å². The number of nitrogens with zero attached hydrogens (tertiary/aromatic N) is 1. The predicted molar refractivity (Wildman–Crippen MR) is 110 cm³/mol. The second-order valence-electron chi connectivity index (χ2n) is 5.45. The Balaban J connectivity index is 1.86. The molecule has 2 aromatic carbocycles. The Kier molecular flexibility index (Phi) is 4.41. The highest BCUT2D eigenvalue weighted by atomic mass is 79.9. The maximum absolute atomic E-state index is 5.58. The second-order valence-corrected chi connectivity index (χ2v) is 7.71. The van der Waals surface area contributed by atoms with Crippen LogP contribution in [-0.2, 0) is 0 Å². The summed E-state index contributed by atoms with van der Waals surface area (Å²) in [6.45, 7) is 0. The van der Waals surface area contributed by atoms with Crippen LogP contribution in [0.1, 0.15) is 0 Å². The number of nitrogens with one attached hydrogen (secondary N) is 1. The fourth-order valence-electron chi connectivity index (χ4n) is 2.67. The van der Waals surface area contributed by atoms with Crippen LogP contribution in [0.15, 0.2) is 59.2 Å². The number of aromatic amines is 1. The molecule has 0 saturated heterocycles. The van der Waals surface area contributed by atoms with Crippen molar-refractivity contribution in [3.05, 3.63) is 63.7 Å². The van der Waals surface area contributed by atoms with E-state index in [0.717, 1.165) is 46.8 Å². The standard InChI is InChI=1S/C19H13BrN2OS2/c1-23-14-8-7-12-15(24)9-13(22-18(12)17(14)20)16-10-21-19(25-16)11-5-3-2-4-6-11/h2-10H,1H3,(H,22,24). The molecule has 0 bridgehead atoms. The van der Waals surface area contributed by atoms with E-state index < -0.39 is 0 Å². The summed E-state index contributed by atoms with van der Waals surface area (Å²) in [6.07, 6.45) is 1.88. The van der Waals surface area contributed by atoms with Gasteiger partial charge < -0.3 is 9.72 Å². The Morgan fingerprint density at radius 3 is 2.72 bits per heavy atom. The fraction of sp³-hybridized carbons (Fsp3) is 0.0526. The lowest BCUT2D eigenvalue weighted by Gasteiger charge is -2.09. The highest BCUT2D eigenvalue weighted by Crippen LogP contribution is 2.36. The SMILES string of the molecule is COc1ccc2c(=S)cc(-c3cnc(-c4ccccc4)s3)[nH]c2c1Br. The third-order valence-electron chi connectivity index (χ3n) is 3.92. The molecule has 2 heterocycles. The smallest absolute Gasteiger partial charge is 0.135 e. The van der Waals surface area contributed by atoms with Crippen LogP contribution >= 0.6 is 39.5 Å². The number of aromatic nitrogens is 2. The van der Waals surface area contributed by atoms with Gasteiger partial charge in [0.1, 0.15) is 10.8 Å². The zero-order chi connectivity index (χ0) is 17.4. The third-order valence-corrected chi connectivity index (χ3v) is 6.12. The van der Waals surface area contributed by atoms with Crippen molar-refractivity contribution < 1.29 is 4.74 Å². The van der Waals surface area contributed by atoms with E-state index in [1.165, 1.54) is 0 Å². The minimum absolute atomic E-state index is 0.768. The van der Waals surface area contributed by atoms with E-state index in [4.69, 9.17) is 17.0 Å². The van der Waals surface area contributed by atoms with Gasteiger partial charge in [-0.1, -0.05) is 42.5 Å². The average molecular weight is 429 g/mol. The van der Waals surface area contributed by atoms with E-state index in [-0.39, 0.29) is 0 Å². The summed E-state index contributed by atoms with van der Waals surface area (Å²) in [4.78, 5) is 9.07. The summed E-state index contributed by atoms with van der Waals surface area (Å²) in [6, 6.07) is 16.0. The summed E-state index contributed by atoms with van der Waals surface area (Å²) < 4.78 is 7.05. The normalized spacial score (nSPS) is 11.0. The summed E-state index contributed by atoms with van der Waals surface area (Å²) in [5.41, 5.74) is 2.99. The van der Waals surface area contributed by atoms with Gasteiger partial charge in [0.2, 0.25) is 0 Å². The number of thiazole rings is 1. The first-order valence-corrected chi connectivity index (χ1v) is 9.60. The molecule has 0 amide bonds. The molecule has 0 atom stereocenters. The zero-order valence-electron chi connectivity index (χ0n) is 13.2. The van der Waals surface area contributed by atoms with E-state index in [1.807, 2.05) is 42.6 Å². The lowest BCUT2D eigenvalue weighted by atomic mass is 10.2. The number of rotatable bonds is 3. The van der Waals surface area contributed by atoms with Gasteiger partial charge in [0.25, 0.3) is 0 Å². The molecule has 0 radical (unpaired) electrons. The second kappa shape index (κ2) is 6.71. The van der Waals surface area contributed by atoms with Crippen molar-refractivity contribution in [1.82, 2.24) is 9.97 Å². The summed E-state index contributed by atoms with van der Waals surface area (Å²) >= 11 is 10.8. The molecule has 2 aromatic heterocycles. The lowest BCUT2D eigenvalue weighted by molar-refractivity contribution is 0.413. The number of benzene rings is 2. The summed E-state index contributed by atoms with van der Waals surface area (Å²) in [5, 5.41) is 1.97. The first kappa shape index (κ1) is 16.4. The van der Waals surface area contributed by atoms with Gasteiger partial charge in [-0.2, -0.15) is 0 Å². The van der Waals surface area contributed by atoms with Crippen molar-refractivity contribution >= 4 is 50.4 Å². The van der Waals surface area contributed by atoms with Crippen molar-refractivity contribution in [2.24, 2.45) is 0 Å². The topological polar surface area (TPSA) is 37.9 Å². The average Bonchev–Trinajstić information content (AvgIpc) is 3.13. The number of ether oxygens (including phenoxy) is 1. The molecule has 3 nitrogen and oxygen atoms in total. The van der Waals surface area contributed by atoms with Crippen LogP contribution in [-0.4, -0.2) is 17.1 Å². The molecule has 0 saturated carbocycles. The molecule has 0 aliphatic carbocycles. The van der Waals surface area contributed by atoms with Gasteiger partial charge in [-0.25, -0.2) is 4.98 Å². The fourth-order valence-corrected chi connectivity index (χ4v) is 4.45. The molecular weight excluding hydrogens is 416 g/mol. The minimum Gasteiger partial charge on any atom is -0.495 e. The van der Waals surface area contributed by atoms with Gasteiger partial charge in [-0.15, -0.1) is 11.3 Å². The monoisotopic (exact) mass is 428 g/mol. The minimum atomic E-state index is 0.768. The van der Waals surface area contributed by atoms with E-state index in [0.29, 0.717) is 0 Å². The predicted octanol–water partition coefficient (Wildman–Crippen LogP) is 6.46. The van der Waals surface area contributed by atoms with Crippen molar-refractivity contribution in [1.29, 1.82) is 0 Å². The van der Waals surface area contributed by atoms with E-state index in [1.54, 1.807) is 18.4 Å². The lowest BCUT2D eigenvalue weighted by Crippen LogP contribution is -1.90. The highest BCUT2D eigenvalue weighted by Gasteiger charge is 2.12. The molecule has 0 spiro atoms. The molecule has 0 aliphatic rings. The maximum Gasteiger partial charge on any atom is 0.135 e. The van der Waals surface area contributed by atoms with Crippen LogP contribution in [0.25, 0.3) is 32.0 Å². The molecule has 0 fully saturated rings. The number of H-pyrrole nitrogens is 1. The Hall–Kier alpha value is -2.02. The Morgan fingerprint density at radius 1 is 1.16 bits per heavy atom. The van der Waals surface area contributed by atoms with Crippen LogP contribution < -0.4 is 4.74 Å². The van der Waals surface area contributed by atoms with Crippen molar-refractivity contribution in [3.8, 4) is 26.9 Å². The quantitative estimate of drug-likeness (QED) is 0.380. The van der Waals surface area contributed by atoms with E-state index >= 15 is 0 Å². The first-order valence-electron chi connectivity index (χ1n) is 7.58. The van der Waals surface area contributed by atoms with Crippen molar-refractivity contribution in [2.75, 3.05) is 7.11 Å². The maximum atomic E-state index is 5.58. The molecule has 0 aliphatic heterocycles. The number of pyridine rings is 1. The van der Waals surface area contributed by atoms with Gasteiger partial charge in [0, 0.05) is 21.7 Å². The molecule has 1 N–H and O–H groups in total. The summed E-state index contributed by atoms with van der Waals surface area (Å²) in [7, 11) is 1.65. The Labute approximate surface area is 162 Å². The number of halogens is 1. The molecule has 124 valence electrons. The zero-order valence-corrected chi connectivity index (χ0v) is 16.5. The van der Waals surface area contributed by atoms with Gasteiger partial charge >= 0.3 is 0 Å². The molecule has 25 heavy (non-hydrogen) atoms. The molecule has 4 aromatic rings. The van der Waals surface area contributed by atoms with Crippen LogP contribution in [0, 0.1) is 4.51 Å². The molecule has 6 heteroatoms. The third kappa shape index (κ3) is 3.01. The van der Waals surface area contributed by atoms with Gasteiger partial charge in [0.15, 0.2) is 0 Å². The largest absolute Gasteiger partial charge is 0.495 e. The summed E-state index contributed by atoms with van der Waals surface area (Å²) in [5.74, 6) is 0.768.